The molecule has 1 unspecified atom stereocenters. The van der Waals surface area contributed by atoms with Crippen LogP contribution in [-0.2, 0) is 13.0 Å². The standard InChI is InChI=1S/C14H18ClN3/c1-3-18-5-4-17-14(18)9-13(16)11-6-10(2)7-12(15)8-11/h4-8,13H,3,9,16H2,1-2H3. The van der Waals surface area contributed by atoms with E-state index >= 15 is 0 Å². The zero-order valence-corrected chi connectivity index (χ0v) is 11.5. The third kappa shape index (κ3) is 2.92. The van der Waals surface area contributed by atoms with Crippen LogP contribution in [0.2, 0.25) is 5.02 Å². The van der Waals surface area contributed by atoms with E-state index in [2.05, 4.69) is 22.5 Å². The molecule has 2 aromatic rings. The Kier molecular flexibility index (Phi) is 4.04. The number of aryl methyl sites for hydroxylation is 2. The largest absolute Gasteiger partial charge is 0.335 e. The molecular formula is C14H18ClN3. The van der Waals surface area contributed by atoms with Gasteiger partial charge >= 0.3 is 0 Å². The predicted octanol–water partition coefficient (Wildman–Crippen LogP) is 3.11. The lowest BCUT2D eigenvalue weighted by Gasteiger charge is -2.14. The molecule has 0 amide bonds. The van der Waals surface area contributed by atoms with E-state index in [1.54, 1.807) is 0 Å². The lowest BCUT2D eigenvalue weighted by molar-refractivity contribution is 0.628. The summed E-state index contributed by atoms with van der Waals surface area (Å²) in [5, 5.41) is 0.735. The summed E-state index contributed by atoms with van der Waals surface area (Å²) in [5.74, 6) is 1.02. The molecule has 1 aromatic carbocycles. The number of halogens is 1. The van der Waals surface area contributed by atoms with Gasteiger partial charge in [-0.05, 0) is 37.1 Å². The lowest BCUT2D eigenvalue weighted by Crippen LogP contribution is -2.16. The maximum absolute atomic E-state index is 6.24. The minimum absolute atomic E-state index is 0.0740. The van der Waals surface area contributed by atoms with Gasteiger partial charge in [0.25, 0.3) is 0 Å². The number of aromatic nitrogens is 2. The zero-order chi connectivity index (χ0) is 13.1. The molecule has 1 atom stereocenters. The van der Waals surface area contributed by atoms with Crippen molar-refractivity contribution in [3.8, 4) is 0 Å². The molecule has 2 rings (SSSR count). The summed E-state index contributed by atoms with van der Waals surface area (Å²) in [6.07, 6.45) is 4.51. The second-order valence-corrected chi connectivity index (χ2v) is 4.94. The van der Waals surface area contributed by atoms with Gasteiger partial charge in [-0.15, -0.1) is 0 Å². The van der Waals surface area contributed by atoms with Gasteiger partial charge in [0.1, 0.15) is 5.82 Å². The minimum Gasteiger partial charge on any atom is -0.335 e. The minimum atomic E-state index is -0.0740. The van der Waals surface area contributed by atoms with Gasteiger partial charge in [0.2, 0.25) is 0 Å². The zero-order valence-electron chi connectivity index (χ0n) is 10.7. The number of nitrogens with two attached hydrogens (primary N) is 1. The number of hydrogen-bond donors (Lipinski definition) is 1. The molecule has 0 saturated heterocycles. The van der Waals surface area contributed by atoms with Gasteiger partial charge in [0.15, 0.2) is 0 Å². The van der Waals surface area contributed by atoms with Gasteiger partial charge in [0, 0.05) is 36.4 Å². The first-order valence-corrected chi connectivity index (χ1v) is 6.50. The Morgan fingerprint density at radius 3 is 2.83 bits per heavy atom. The maximum atomic E-state index is 6.24. The van der Waals surface area contributed by atoms with Crippen molar-refractivity contribution in [2.24, 2.45) is 5.73 Å². The van der Waals surface area contributed by atoms with Crippen molar-refractivity contribution in [3.05, 3.63) is 52.6 Å². The van der Waals surface area contributed by atoms with E-state index in [4.69, 9.17) is 17.3 Å². The van der Waals surface area contributed by atoms with Crippen molar-refractivity contribution in [3.63, 3.8) is 0 Å². The molecule has 0 aliphatic heterocycles. The Morgan fingerprint density at radius 1 is 1.39 bits per heavy atom. The van der Waals surface area contributed by atoms with Crippen LogP contribution in [0.3, 0.4) is 0 Å². The number of imidazole rings is 1. The first kappa shape index (κ1) is 13.1. The van der Waals surface area contributed by atoms with Gasteiger partial charge < -0.3 is 10.3 Å². The summed E-state index contributed by atoms with van der Waals surface area (Å²) in [7, 11) is 0. The fraction of sp³-hybridized carbons (Fsp3) is 0.357. The monoisotopic (exact) mass is 263 g/mol. The van der Waals surface area contributed by atoms with Crippen molar-refractivity contribution in [2.75, 3.05) is 0 Å². The van der Waals surface area contributed by atoms with Gasteiger partial charge in [0.05, 0.1) is 0 Å². The topological polar surface area (TPSA) is 43.8 Å². The van der Waals surface area contributed by atoms with Gasteiger partial charge in [-0.1, -0.05) is 17.7 Å². The number of benzene rings is 1. The van der Waals surface area contributed by atoms with Crippen LogP contribution in [0.25, 0.3) is 0 Å². The Bertz CT molecular complexity index is 513. The Balaban J connectivity index is 2.19. The van der Waals surface area contributed by atoms with E-state index in [1.807, 2.05) is 31.5 Å². The summed E-state index contributed by atoms with van der Waals surface area (Å²) in [4.78, 5) is 4.35. The lowest BCUT2D eigenvalue weighted by atomic mass is 10.0. The highest BCUT2D eigenvalue weighted by Crippen LogP contribution is 2.21. The molecule has 0 fully saturated rings. The quantitative estimate of drug-likeness (QED) is 0.921. The average molecular weight is 264 g/mol. The molecule has 2 N–H and O–H groups in total. The van der Waals surface area contributed by atoms with Crippen molar-refractivity contribution in [1.29, 1.82) is 0 Å². The van der Waals surface area contributed by atoms with Crippen LogP contribution in [0, 0.1) is 6.92 Å². The van der Waals surface area contributed by atoms with E-state index in [-0.39, 0.29) is 6.04 Å². The highest BCUT2D eigenvalue weighted by atomic mass is 35.5. The van der Waals surface area contributed by atoms with Gasteiger partial charge in [-0.25, -0.2) is 4.98 Å². The summed E-state index contributed by atoms with van der Waals surface area (Å²) in [6, 6.07) is 5.87. The molecule has 4 heteroatoms. The molecule has 0 aliphatic carbocycles. The molecule has 0 spiro atoms. The molecule has 18 heavy (non-hydrogen) atoms. The van der Waals surface area contributed by atoms with E-state index in [0.29, 0.717) is 0 Å². The van der Waals surface area contributed by atoms with Crippen molar-refractivity contribution >= 4 is 11.6 Å². The first-order valence-electron chi connectivity index (χ1n) is 6.13. The number of hydrogen-bond acceptors (Lipinski definition) is 2. The van der Waals surface area contributed by atoms with Crippen LogP contribution in [0.4, 0.5) is 0 Å². The second-order valence-electron chi connectivity index (χ2n) is 4.50. The summed E-state index contributed by atoms with van der Waals surface area (Å²) in [6.45, 7) is 5.03. The highest BCUT2D eigenvalue weighted by Gasteiger charge is 2.11. The Morgan fingerprint density at radius 2 is 2.17 bits per heavy atom. The van der Waals surface area contributed by atoms with Gasteiger partial charge in [-0.3, -0.25) is 0 Å². The maximum Gasteiger partial charge on any atom is 0.110 e. The Labute approximate surface area is 113 Å². The highest BCUT2D eigenvalue weighted by molar-refractivity contribution is 6.30. The van der Waals surface area contributed by atoms with E-state index in [9.17, 15) is 0 Å². The summed E-state index contributed by atoms with van der Waals surface area (Å²) < 4.78 is 2.11. The average Bonchev–Trinajstić information content (AvgIpc) is 2.75. The van der Waals surface area contributed by atoms with E-state index < -0.39 is 0 Å². The van der Waals surface area contributed by atoms with Crippen LogP contribution in [0.1, 0.15) is 29.9 Å². The molecule has 1 heterocycles. The number of rotatable bonds is 4. The van der Waals surface area contributed by atoms with Crippen molar-refractivity contribution < 1.29 is 0 Å². The molecule has 0 radical (unpaired) electrons. The number of nitrogens with zero attached hydrogens (tertiary/aromatic N) is 2. The predicted molar refractivity (Wildman–Crippen MR) is 74.7 cm³/mol. The molecule has 0 aliphatic rings. The van der Waals surface area contributed by atoms with Gasteiger partial charge in [-0.2, -0.15) is 0 Å². The third-order valence-electron chi connectivity index (χ3n) is 3.04. The normalized spacial score (nSPS) is 12.7. The van der Waals surface area contributed by atoms with Crippen molar-refractivity contribution in [2.45, 2.75) is 32.9 Å². The van der Waals surface area contributed by atoms with Crippen LogP contribution < -0.4 is 5.73 Å². The Hall–Kier alpha value is -1.32. The molecule has 3 nitrogen and oxygen atoms in total. The third-order valence-corrected chi connectivity index (χ3v) is 3.26. The van der Waals surface area contributed by atoms with E-state index in [1.165, 1.54) is 0 Å². The molecule has 0 saturated carbocycles. The fourth-order valence-electron chi connectivity index (χ4n) is 2.11. The summed E-state index contributed by atoms with van der Waals surface area (Å²) in [5.41, 5.74) is 8.43. The molecular weight excluding hydrogens is 246 g/mol. The fourth-order valence-corrected chi connectivity index (χ4v) is 2.41. The first-order chi connectivity index (χ1) is 8.60. The van der Waals surface area contributed by atoms with Crippen LogP contribution in [-0.4, -0.2) is 9.55 Å². The van der Waals surface area contributed by atoms with E-state index in [0.717, 1.165) is 34.9 Å². The van der Waals surface area contributed by atoms with Crippen molar-refractivity contribution in [1.82, 2.24) is 9.55 Å². The smallest absolute Gasteiger partial charge is 0.110 e. The van der Waals surface area contributed by atoms with Crippen LogP contribution in [0.5, 0.6) is 0 Å². The molecule has 0 bridgehead atoms. The van der Waals surface area contributed by atoms with Crippen LogP contribution in [0.15, 0.2) is 30.6 Å². The second kappa shape index (κ2) is 5.55. The summed E-state index contributed by atoms with van der Waals surface area (Å²) >= 11 is 6.06. The SMILES string of the molecule is CCn1ccnc1CC(N)c1cc(C)cc(Cl)c1. The molecule has 1 aromatic heterocycles. The van der Waals surface area contributed by atoms with Crippen LogP contribution >= 0.6 is 11.6 Å². The molecule has 96 valence electrons.